The van der Waals surface area contributed by atoms with Crippen molar-refractivity contribution in [3.63, 3.8) is 0 Å². The van der Waals surface area contributed by atoms with Gasteiger partial charge in [0.15, 0.2) is 0 Å². The maximum Gasteiger partial charge on any atom is -0.0391 e. The summed E-state index contributed by atoms with van der Waals surface area (Å²) in [4.78, 5) is 0. The van der Waals surface area contributed by atoms with Crippen LogP contribution in [0.2, 0.25) is 0 Å². The van der Waals surface area contributed by atoms with E-state index in [1.807, 2.05) is 0 Å². The smallest absolute Gasteiger partial charge is 0.0391 e. The standard InChI is InChI=1S/C7H14/c1-3-7-5-4-6(7)2/h6-7H,3-5H2,1-2H3. The van der Waals surface area contributed by atoms with Gasteiger partial charge in [0.1, 0.15) is 0 Å². The Morgan fingerprint density at radius 3 is 2.14 bits per heavy atom. The van der Waals surface area contributed by atoms with Crippen LogP contribution in [0.25, 0.3) is 0 Å². The summed E-state index contributed by atoms with van der Waals surface area (Å²) in [7, 11) is 0. The summed E-state index contributed by atoms with van der Waals surface area (Å²) in [6, 6.07) is 0. The lowest BCUT2D eigenvalue weighted by Crippen LogP contribution is -2.21. The van der Waals surface area contributed by atoms with Crippen molar-refractivity contribution in [2.75, 3.05) is 0 Å². The maximum atomic E-state index is 2.36. The van der Waals surface area contributed by atoms with E-state index in [1.165, 1.54) is 19.3 Å². The minimum atomic E-state index is 1.05. The maximum absolute atomic E-state index is 2.36. The second-order valence-corrected chi connectivity index (χ2v) is 2.72. The van der Waals surface area contributed by atoms with Crippen LogP contribution in [0.3, 0.4) is 0 Å². The zero-order valence-corrected chi connectivity index (χ0v) is 5.28. The van der Waals surface area contributed by atoms with Crippen LogP contribution in [0, 0.1) is 11.8 Å². The molecule has 1 aliphatic rings. The van der Waals surface area contributed by atoms with Gasteiger partial charge in [-0.3, -0.25) is 0 Å². The Morgan fingerprint density at radius 2 is 2.14 bits per heavy atom. The molecule has 1 saturated carbocycles. The molecule has 1 fully saturated rings. The van der Waals surface area contributed by atoms with Gasteiger partial charge < -0.3 is 0 Å². The third-order valence-electron chi connectivity index (χ3n) is 2.32. The molecule has 42 valence electrons. The van der Waals surface area contributed by atoms with Gasteiger partial charge in [0, 0.05) is 0 Å². The first-order valence-corrected chi connectivity index (χ1v) is 3.34. The van der Waals surface area contributed by atoms with E-state index in [4.69, 9.17) is 0 Å². The third-order valence-corrected chi connectivity index (χ3v) is 2.32. The summed E-state index contributed by atoms with van der Waals surface area (Å²) in [6.45, 7) is 4.65. The van der Waals surface area contributed by atoms with Gasteiger partial charge in [-0.25, -0.2) is 0 Å². The first-order chi connectivity index (χ1) is 3.34. The minimum Gasteiger partial charge on any atom is -0.0651 e. The van der Waals surface area contributed by atoms with Crippen LogP contribution in [0.15, 0.2) is 0 Å². The van der Waals surface area contributed by atoms with E-state index >= 15 is 0 Å². The molecule has 7 heavy (non-hydrogen) atoms. The fourth-order valence-corrected chi connectivity index (χ4v) is 1.34. The van der Waals surface area contributed by atoms with Gasteiger partial charge in [-0.2, -0.15) is 0 Å². The van der Waals surface area contributed by atoms with E-state index in [1.54, 1.807) is 0 Å². The molecule has 0 nitrogen and oxygen atoms in total. The van der Waals surface area contributed by atoms with Gasteiger partial charge in [-0.15, -0.1) is 0 Å². The van der Waals surface area contributed by atoms with Crippen molar-refractivity contribution < 1.29 is 0 Å². The lowest BCUT2D eigenvalue weighted by Gasteiger charge is -2.32. The highest BCUT2D eigenvalue weighted by atomic mass is 14.3. The van der Waals surface area contributed by atoms with Crippen LogP contribution in [0.1, 0.15) is 33.1 Å². The molecule has 1 aliphatic carbocycles. The normalized spacial score (nSPS) is 40.3. The molecule has 0 heteroatoms. The Balaban J connectivity index is 2.16. The highest BCUT2D eigenvalue weighted by Crippen LogP contribution is 2.35. The highest BCUT2D eigenvalue weighted by molar-refractivity contribution is 4.75. The van der Waals surface area contributed by atoms with Crippen molar-refractivity contribution >= 4 is 0 Å². The summed E-state index contributed by atoms with van der Waals surface area (Å²) in [6.07, 6.45) is 4.39. The van der Waals surface area contributed by atoms with E-state index in [2.05, 4.69) is 13.8 Å². The summed E-state index contributed by atoms with van der Waals surface area (Å²) in [5, 5.41) is 0. The molecule has 0 spiro atoms. The van der Waals surface area contributed by atoms with Crippen molar-refractivity contribution in [3.05, 3.63) is 0 Å². The lowest BCUT2D eigenvalue weighted by molar-refractivity contribution is 0.190. The topological polar surface area (TPSA) is 0 Å². The average Bonchev–Trinajstić information content (AvgIpc) is 1.65. The molecule has 2 atom stereocenters. The van der Waals surface area contributed by atoms with Gasteiger partial charge in [0.2, 0.25) is 0 Å². The van der Waals surface area contributed by atoms with Gasteiger partial charge >= 0.3 is 0 Å². The van der Waals surface area contributed by atoms with Crippen molar-refractivity contribution in [1.29, 1.82) is 0 Å². The summed E-state index contributed by atoms with van der Waals surface area (Å²) < 4.78 is 0. The number of rotatable bonds is 1. The summed E-state index contributed by atoms with van der Waals surface area (Å²) >= 11 is 0. The molecule has 2 unspecified atom stereocenters. The second-order valence-electron chi connectivity index (χ2n) is 2.72. The lowest BCUT2D eigenvalue weighted by atomic mass is 9.74. The Morgan fingerprint density at radius 1 is 1.43 bits per heavy atom. The zero-order valence-electron chi connectivity index (χ0n) is 5.28. The molecular weight excluding hydrogens is 84.1 g/mol. The summed E-state index contributed by atoms with van der Waals surface area (Å²) in [5.41, 5.74) is 0. The van der Waals surface area contributed by atoms with Crippen LogP contribution < -0.4 is 0 Å². The molecule has 0 aromatic rings. The SMILES string of the molecule is CCC1CCC1C. The van der Waals surface area contributed by atoms with Gasteiger partial charge in [-0.05, 0) is 18.3 Å². The predicted octanol–water partition coefficient (Wildman–Crippen LogP) is 2.44. The molecule has 0 heterocycles. The van der Waals surface area contributed by atoms with E-state index in [-0.39, 0.29) is 0 Å². The Bertz CT molecular complexity index is 55.1. The zero-order chi connectivity index (χ0) is 5.28. The second kappa shape index (κ2) is 1.85. The molecule has 0 aromatic carbocycles. The van der Waals surface area contributed by atoms with Crippen molar-refractivity contribution in [2.45, 2.75) is 33.1 Å². The van der Waals surface area contributed by atoms with Crippen LogP contribution in [-0.4, -0.2) is 0 Å². The Labute approximate surface area is 45.9 Å². The van der Waals surface area contributed by atoms with Gasteiger partial charge in [-0.1, -0.05) is 26.7 Å². The quantitative estimate of drug-likeness (QED) is 0.472. The fraction of sp³-hybridized carbons (Fsp3) is 1.00. The number of hydrogen-bond acceptors (Lipinski definition) is 0. The average molecular weight is 98.2 g/mol. The van der Waals surface area contributed by atoms with Crippen LogP contribution in [0.5, 0.6) is 0 Å². The summed E-state index contributed by atoms with van der Waals surface area (Å²) in [5.74, 6) is 2.13. The highest BCUT2D eigenvalue weighted by Gasteiger charge is 2.23. The first-order valence-electron chi connectivity index (χ1n) is 3.34. The predicted molar refractivity (Wildman–Crippen MR) is 32.2 cm³/mol. The van der Waals surface area contributed by atoms with E-state index in [9.17, 15) is 0 Å². The third kappa shape index (κ3) is 0.793. The Kier molecular flexibility index (Phi) is 1.36. The first kappa shape index (κ1) is 5.14. The molecule has 0 bridgehead atoms. The molecule has 0 saturated heterocycles. The van der Waals surface area contributed by atoms with Crippen molar-refractivity contribution in [2.24, 2.45) is 11.8 Å². The van der Waals surface area contributed by atoms with Gasteiger partial charge in [0.05, 0.1) is 0 Å². The van der Waals surface area contributed by atoms with Crippen LogP contribution in [-0.2, 0) is 0 Å². The van der Waals surface area contributed by atoms with Gasteiger partial charge in [0.25, 0.3) is 0 Å². The van der Waals surface area contributed by atoms with Crippen molar-refractivity contribution in [3.8, 4) is 0 Å². The van der Waals surface area contributed by atoms with E-state index < -0.39 is 0 Å². The molecular formula is C7H14. The van der Waals surface area contributed by atoms with E-state index in [0.29, 0.717) is 0 Å². The Hall–Kier alpha value is 0. The fourth-order valence-electron chi connectivity index (χ4n) is 1.34. The largest absolute Gasteiger partial charge is 0.0651 e. The van der Waals surface area contributed by atoms with Crippen molar-refractivity contribution in [1.82, 2.24) is 0 Å². The molecule has 0 aliphatic heterocycles. The number of hydrogen-bond donors (Lipinski definition) is 0. The molecule has 0 N–H and O–H groups in total. The minimum absolute atomic E-state index is 1.05. The molecule has 0 radical (unpaired) electrons. The van der Waals surface area contributed by atoms with Crippen LogP contribution in [0.4, 0.5) is 0 Å². The van der Waals surface area contributed by atoms with E-state index in [0.717, 1.165) is 11.8 Å². The molecule has 0 aromatic heterocycles. The van der Waals surface area contributed by atoms with Crippen LogP contribution >= 0.6 is 0 Å². The monoisotopic (exact) mass is 98.1 g/mol. The molecule has 1 rings (SSSR count). The molecule has 0 amide bonds.